The van der Waals surface area contributed by atoms with Gasteiger partial charge in [-0.15, -0.1) is 12.3 Å². The molecule has 0 saturated heterocycles. The topological polar surface area (TPSA) is 105 Å². The Balaban J connectivity index is 1.41. The second-order valence-electron chi connectivity index (χ2n) is 7.92. The highest BCUT2D eigenvalue weighted by atomic mass is 19.1. The summed E-state index contributed by atoms with van der Waals surface area (Å²) in [7, 11) is 0. The molecule has 2 amide bonds. The molecule has 0 heterocycles. The van der Waals surface area contributed by atoms with Crippen LogP contribution in [0.25, 0.3) is 11.1 Å². The maximum absolute atomic E-state index is 14.2. The van der Waals surface area contributed by atoms with Crippen molar-refractivity contribution in [2.24, 2.45) is 0 Å². The second kappa shape index (κ2) is 10.1. The maximum atomic E-state index is 14.2. The molecule has 0 radical (unpaired) electrons. The highest BCUT2D eigenvalue weighted by Crippen LogP contribution is 2.44. The number of amides is 2. The number of alkyl carbamates (subject to hydrolysis) is 1. The Bertz CT molecular complexity index is 1300. The van der Waals surface area contributed by atoms with Crippen LogP contribution in [0.1, 0.15) is 33.8 Å². The number of anilines is 1. The molecule has 0 aromatic heterocycles. The Kier molecular flexibility index (Phi) is 6.78. The first kappa shape index (κ1) is 23.5. The van der Waals surface area contributed by atoms with Gasteiger partial charge in [0.1, 0.15) is 18.5 Å². The summed E-state index contributed by atoms with van der Waals surface area (Å²) in [4.78, 5) is 36.1. The molecule has 7 nitrogen and oxygen atoms in total. The fourth-order valence-corrected chi connectivity index (χ4v) is 4.08. The predicted molar refractivity (Wildman–Crippen MR) is 127 cm³/mol. The fraction of sp³-hybridized carbons (Fsp3) is 0.148. The zero-order valence-electron chi connectivity index (χ0n) is 18.5. The number of hydrogen-bond donors (Lipinski definition) is 3. The van der Waals surface area contributed by atoms with Crippen molar-refractivity contribution >= 4 is 23.7 Å². The van der Waals surface area contributed by atoms with Gasteiger partial charge in [0.05, 0.1) is 11.3 Å². The zero-order valence-corrected chi connectivity index (χ0v) is 18.5. The van der Waals surface area contributed by atoms with Crippen LogP contribution in [0.2, 0.25) is 0 Å². The summed E-state index contributed by atoms with van der Waals surface area (Å²) in [6.07, 6.45) is 4.33. The van der Waals surface area contributed by atoms with Gasteiger partial charge in [-0.3, -0.25) is 4.79 Å². The minimum absolute atomic E-state index is 0.0511. The molecule has 1 unspecified atom stereocenters. The number of aromatic carboxylic acids is 1. The van der Waals surface area contributed by atoms with E-state index in [2.05, 4.69) is 16.6 Å². The quantitative estimate of drug-likeness (QED) is 0.443. The first-order valence-electron chi connectivity index (χ1n) is 10.8. The number of carbonyl (C=O) groups excluding carboxylic acids is 2. The lowest BCUT2D eigenvalue weighted by molar-refractivity contribution is -0.118. The molecule has 4 rings (SSSR count). The van der Waals surface area contributed by atoms with Gasteiger partial charge in [-0.05, 0) is 40.5 Å². The smallest absolute Gasteiger partial charge is 0.407 e. The highest BCUT2D eigenvalue weighted by molar-refractivity contribution is 5.97. The van der Waals surface area contributed by atoms with Crippen LogP contribution in [0.5, 0.6) is 0 Å². The van der Waals surface area contributed by atoms with Crippen LogP contribution in [-0.2, 0) is 9.53 Å². The lowest BCUT2D eigenvalue weighted by atomic mass is 9.98. The molecule has 176 valence electrons. The molecular formula is C27H21FN2O5. The number of rotatable bonds is 7. The van der Waals surface area contributed by atoms with Gasteiger partial charge in [-0.2, -0.15) is 0 Å². The van der Waals surface area contributed by atoms with Gasteiger partial charge in [0.25, 0.3) is 0 Å². The van der Waals surface area contributed by atoms with Gasteiger partial charge in [0.15, 0.2) is 0 Å². The Hall–Kier alpha value is -4.64. The summed E-state index contributed by atoms with van der Waals surface area (Å²) in [6, 6.07) is 17.6. The number of benzene rings is 3. The fourth-order valence-electron chi connectivity index (χ4n) is 4.08. The summed E-state index contributed by atoms with van der Waals surface area (Å²) < 4.78 is 19.6. The van der Waals surface area contributed by atoms with Crippen molar-refractivity contribution < 1.29 is 28.6 Å². The molecule has 8 heteroatoms. The Morgan fingerprint density at radius 3 is 2.23 bits per heavy atom. The van der Waals surface area contributed by atoms with E-state index >= 15 is 0 Å². The van der Waals surface area contributed by atoms with Crippen molar-refractivity contribution in [2.45, 2.75) is 18.4 Å². The van der Waals surface area contributed by atoms with Crippen LogP contribution in [-0.4, -0.2) is 35.7 Å². The molecule has 0 fully saturated rings. The lowest BCUT2D eigenvalue weighted by Crippen LogP contribution is -2.44. The molecule has 1 atom stereocenters. The van der Waals surface area contributed by atoms with E-state index < -0.39 is 29.8 Å². The summed E-state index contributed by atoms with van der Waals surface area (Å²) in [5, 5.41) is 13.7. The van der Waals surface area contributed by atoms with E-state index in [1.807, 2.05) is 48.5 Å². The Morgan fingerprint density at radius 2 is 1.66 bits per heavy atom. The van der Waals surface area contributed by atoms with Crippen molar-refractivity contribution in [1.29, 1.82) is 0 Å². The van der Waals surface area contributed by atoms with Gasteiger partial charge >= 0.3 is 12.1 Å². The van der Waals surface area contributed by atoms with E-state index in [-0.39, 0.29) is 30.2 Å². The lowest BCUT2D eigenvalue weighted by Gasteiger charge is -2.18. The van der Waals surface area contributed by atoms with E-state index in [1.165, 1.54) is 0 Å². The minimum Gasteiger partial charge on any atom is -0.478 e. The number of carboxylic acids is 1. The SMILES string of the molecule is C#CCC(NC(=O)OCC1c2ccccc2-c2ccccc21)C(=O)Nc1ccc(C(=O)O)cc1F. The Morgan fingerprint density at radius 1 is 1.03 bits per heavy atom. The largest absolute Gasteiger partial charge is 0.478 e. The van der Waals surface area contributed by atoms with Crippen molar-refractivity contribution in [3.8, 4) is 23.5 Å². The van der Waals surface area contributed by atoms with Crippen LogP contribution in [0.4, 0.5) is 14.9 Å². The summed E-state index contributed by atoms with van der Waals surface area (Å²) in [5.41, 5.74) is 3.74. The third kappa shape index (κ3) is 4.99. The van der Waals surface area contributed by atoms with E-state index in [1.54, 1.807) is 0 Å². The van der Waals surface area contributed by atoms with E-state index in [0.717, 1.165) is 40.5 Å². The molecule has 3 aromatic carbocycles. The predicted octanol–water partition coefficient (Wildman–Crippen LogP) is 4.39. The summed E-state index contributed by atoms with van der Waals surface area (Å²) in [5.74, 6) is -0.857. The van der Waals surface area contributed by atoms with Crippen molar-refractivity contribution in [2.75, 3.05) is 11.9 Å². The number of nitrogens with one attached hydrogen (secondary N) is 2. The monoisotopic (exact) mass is 472 g/mol. The number of carboxylic acid groups (broad SMARTS) is 1. The number of ether oxygens (including phenoxy) is 1. The standard InChI is InChI=1S/C27H21FN2O5/c1-2-7-24(25(31)29-23-13-12-16(26(32)33)14-22(23)28)30-27(34)35-15-21-19-10-5-3-8-17(19)18-9-4-6-11-20(18)21/h1,3-6,8-14,21,24H,7,15H2,(H,29,31)(H,30,34)(H,32,33). The number of fused-ring (bicyclic) bond motifs is 3. The van der Waals surface area contributed by atoms with Crippen LogP contribution in [0.15, 0.2) is 66.7 Å². The van der Waals surface area contributed by atoms with Gasteiger partial charge in [-0.1, -0.05) is 48.5 Å². The average molecular weight is 472 g/mol. The molecule has 35 heavy (non-hydrogen) atoms. The molecule has 0 saturated carbocycles. The average Bonchev–Trinajstić information content (AvgIpc) is 3.17. The van der Waals surface area contributed by atoms with E-state index in [4.69, 9.17) is 16.3 Å². The van der Waals surface area contributed by atoms with E-state index in [0.29, 0.717) is 0 Å². The number of carbonyl (C=O) groups is 3. The van der Waals surface area contributed by atoms with Gasteiger partial charge in [-0.25, -0.2) is 14.0 Å². The molecule has 3 N–H and O–H groups in total. The first-order valence-corrected chi connectivity index (χ1v) is 10.8. The van der Waals surface area contributed by atoms with Gasteiger partial charge in [0.2, 0.25) is 5.91 Å². The number of halogens is 1. The molecule has 0 bridgehead atoms. The molecular weight excluding hydrogens is 451 g/mol. The van der Waals surface area contributed by atoms with Crippen molar-refractivity contribution in [3.63, 3.8) is 0 Å². The molecule has 3 aromatic rings. The Labute approximate surface area is 200 Å². The molecule has 0 spiro atoms. The van der Waals surface area contributed by atoms with Crippen molar-refractivity contribution in [3.05, 3.63) is 89.2 Å². The summed E-state index contributed by atoms with van der Waals surface area (Å²) in [6.45, 7) is 0.0511. The van der Waals surface area contributed by atoms with Crippen molar-refractivity contribution in [1.82, 2.24) is 5.32 Å². The molecule has 1 aliphatic rings. The zero-order chi connectivity index (χ0) is 24.9. The second-order valence-corrected chi connectivity index (χ2v) is 7.92. The van der Waals surface area contributed by atoms with Crippen LogP contribution in [0.3, 0.4) is 0 Å². The third-order valence-electron chi connectivity index (χ3n) is 5.75. The molecule has 1 aliphatic carbocycles. The van der Waals surface area contributed by atoms with Gasteiger partial charge in [0, 0.05) is 12.3 Å². The van der Waals surface area contributed by atoms with Gasteiger partial charge < -0.3 is 20.5 Å². The maximum Gasteiger partial charge on any atom is 0.407 e. The molecule has 0 aliphatic heterocycles. The summed E-state index contributed by atoms with van der Waals surface area (Å²) >= 11 is 0. The van der Waals surface area contributed by atoms with Crippen LogP contribution >= 0.6 is 0 Å². The number of hydrogen-bond acceptors (Lipinski definition) is 4. The minimum atomic E-state index is -1.30. The van der Waals surface area contributed by atoms with E-state index in [9.17, 15) is 18.8 Å². The van der Waals surface area contributed by atoms with Crippen LogP contribution in [0, 0.1) is 18.2 Å². The third-order valence-corrected chi connectivity index (χ3v) is 5.75. The highest BCUT2D eigenvalue weighted by Gasteiger charge is 2.30. The normalized spacial score (nSPS) is 12.6. The first-order chi connectivity index (χ1) is 16.9. The van der Waals surface area contributed by atoms with Crippen LogP contribution < -0.4 is 10.6 Å². The number of terminal acetylenes is 1.